The Balaban J connectivity index is 1.57. The van der Waals surface area contributed by atoms with Crippen LogP contribution in [0.3, 0.4) is 0 Å². The van der Waals surface area contributed by atoms with Gasteiger partial charge in [-0.1, -0.05) is 36.4 Å². The molecule has 1 saturated heterocycles. The van der Waals surface area contributed by atoms with Crippen LogP contribution in [0.5, 0.6) is 0 Å². The number of amidine groups is 1. The van der Waals surface area contributed by atoms with Crippen LogP contribution in [-0.4, -0.2) is 22.0 Å². The maximum Gasteiger partial charge on any atom is 0.264 e. The van der Waals surface area contributed by atoms with Gasteiger partial charge in [-0.15, -0.1) is 11.3 Å². The fourth-order valence-electron chi connectivity index (χ4n) is 2.86. The number of aromatic nitrogens is 1. The molecular weight excluding hydrogens is 416 g/mol. The lowest BCUT2D eigenvalue weighted by atomic mass is 10.2. The smallest absolute Gasteiger partial charge is 0.264 e. The third kappa shape index (κ3) is 4.34. The number of thiazole rings is 1. The van der Waals surface area contributed by atoms with Crippen molar-refractivity contribution >= 4 is 62.7 Å². The number of benzene rings is 2. The van der Waals surface area contributed by atoms with Crippen LogP contribution in [0.2, 0.25) is 0 Å². The van der Waals surface area contributed by atoms with Crippen molar-refractivity contribution in [2.45, 2.75) is 13.8 Å². The number of rotatable bonds is 4. The normalized spacial score (nSPS) is 16.1. The lowest BCUT2D eigenvalue weighted by Gasteiger charge is -2.17. The minimum absolute atomic E-state index is 0.129. The van der Waals surface area contributed by atoms with Gasteiger partial charge in [0.05, 0.1) is 22.0 Å². The molecule has 0 radical (unpaired) electrons. The third-order valence-corrected chi connectivity index (χ3v) is 6.05. The molecule has 0 atom stereocenters. The van der Waals surface area contributed by atoms with Crippen molar-refractivity contribution in [1.29, 1.82) is 0 Å². The molecule has 1 aromatic heterocycles. The van der Waals surface area contributed by atoms with Gasteiger partial charge in [-0.3, -0.25) is 14.5 Å². The first-order valence-electron chi connectivity index (χ1n) is 9.18. The van der Waals surface area contributed by atoms with Gasteiger partial charge in [-0.05, 0) is 48.5 Å². The molecule has 30 heavy (non-hydrogen) atoms. The molecule has 2 aromatic carbocycles. The molecule has 4 rings (SSSR count). The molecule has 1 N–H and O–H groups in total. The van der Waals surface area contributed by atoms with E-state index in [2.05, 4.69) is 15.3 Å². The fourth-order valence-corrected chi connectivity index (χ4v) is 4.53. The summed E-state index contributed by atoms with van der Waals surface area (Å²) in [5.74, 6) is -0.344. The molecule has 0 unspecified atom stereocenters. The van der Waals surface area contributed by atoms with Crippen molar-refractivity contribution in [1.82, 2.24) is 10.3 Å². The number of hydrogen-bond acceptors (Lipinski definition) is 6. The van der Waals surface area contributed by atoms with Crippen LogP contribution in [0.15, 0.2) is 69.9 Å². The number of carbonyl (C=O) groups is 2. The van der Waals surface area contributed by atoms with Gasteiger partial charge in [0.1, 0.15) is 0 Å². The van der Waals surface area contributed by atoms with Crippen LogP contribution in [0.1, 0.15) is 18.2 Å². The monoisotopic (exact) mass is 434 g/mol. The van der Waals surface area contributed by atoms with Crippen molar-refractivity contribution in [3.8, 4) is 0 Å². The second-order valence-corrected chi connectivity index (χ2v) is 8.38. The van der Waals surface area contributed by atoms with E-state index in [-0.39, 0.29) is 11.8 Å². The first-order valence-corrected chi connectivity index (χ1v) is 10.9. The lowest BCUT2D eigenvalue weighted by molar-refractivity contribution is -0.116. The van der Waals surface area contributed by atoms with Gasteiger partial charge in [0.2, 0.25) is 5.91 Å². The second kappa shape index (κ2) is 8.64. The molecule has 150 valence electrons. The summed E-state index contributed by atoms with van der Waals surface area (Å²) in [4.78, 5) is 35.7. The minimum atomic E-state index is -0.214. The summed E-state index contributed by atoms with van der Waals surface area (Å²) >= 11 is 2.62. The van der Waals surface area contributed by atoms with Gasteiger partial charge in [-0.2, -0.15) is 0 Å². The zero-order valence-corrected chi connectivity index (χ0v) is 18.0. The predicted octanol–water partition coefficient (Wildman–Crippen LogP) is 5.03. The minimum Gasteiger partial charge on any atom is -0.300 e. The van der Waals surface area contributed by atoms with E-state index >= 15 is 0 Å². The molecule has 1 aliphatic heterocycles. The van der Waals surface area contributed by atoms with Crippen molar-refractivity contribution in [3.63, 3.8) is 0 Å². The number of nitrogens with one attached hydrogen (secondary N) is 1. The van der Waals surface area contributed by atoms with Crippen LogP contribution in [0, 0.1) is 6.92 Å². The molecule has 0 bridgehead atoms. The number of anilines is 2. The van der Waals surface area contributed by atoms with Crippen molar-refractivity contribution in [2.24, 2.45) is 4.99 Å². The maximum atomic E-state index is 12.4. The zero-order valence-electron chi connectivity index (χ0n) is 16.3. The summed E-state index contributed by atoms with van der Waals surface area (Å²) in [5.41, 5.74) is 3.22. The molecule has 0 aliphatic carbocycles. The Hall–Kier alpha value is -3.23. The van der Waals surface area contributed by atoms with Crippen LogP contribution in [0.4, 0.5) is 16.5 Å². The first kappa shape index (κ1) is 20.1. The van der Waals surface area contributed by atoms with Crippen molar-refractivity contribution in [2.75, 3.05) is 4.90 Å². The molecule has 6 nitrogen and oxygen atoms in total. The SMILES string of the molecule is CC(=O)N(c1ccccc1)c1nc(/C=C2\SC(=Nc3ccccc3C)NC2=O)cs1. The highest BCUT2D eigenvalue weighted by Crippen LogP contribution is 2.32. The third-order valence-electron chi connectivity index (χ3n) is 4.30. The Bertz CT molecular complexity index is 1170. The molecule has 0 spiro atoms. The standard InChI is InChI=1S/C22H18N4O2S2/c1-14-8-6-7-11-18(14)24-21-25-20(28)19(30-21)12-16-13-29-22(23-16)26(15(2)27)17-9-4-3-5-10-17/h3-13H,1-2H3,(H,24,25,28)/b19-12-. The van der Waals surface area contributed by atoms with Crippen molar-refractivity contribution < 1.29 is 9.59 Å². The summed E-state index contributed by atoms with van der Waals surface area (Å²) < 4.78 is 0. The summed E-state index contributed by atoms with van der Waals surface area (Å²) in [6, 6.07) is 17.1. The Morgan fingerprint density at radius 1 is 1.13 bits per heavy atom. The van der Waals surface area contributed by atoms with E-state index < -0.39 is 0 Å². The van der Waals surface area contributed by atoms with Crippen LogP contribution in [0.25, 0.3) is 6.08 Å². The number of amides is 2. The molecule has 1 fully saturated rings. The van der Waals surface area contributed by atoms with Crippen LogP contribution >= 0.6 is 23.1 Å². The largest absolute Gasteiger partial charge is 0.300 e. The number of nitrogens with zero attached hydrogens (tertiary/aromatic N) is 3. The Labute approximate surface area is 182 Å². The van der Waals surface area contributed by atoms with E-state index in [4.69, 9.17) is 0 Å². The Kier molecular flexibility index (Phi) is 5.78. The number of para-hydroxylation sites is 2. The van der Waals surface area contributed by atoms with Gasteiger partial charge < -0.3 is 5.32 Å². The van der Waals surface area contributed by atoms with E-state index in [0.717, 1.165) is 16.9 Å². The summed E-state index contributed by atoms with van der Waals surface area (Å²) in [6.07, 6.45) is 1.71. The van der Waals surface area contributed by atoms with E-state index in [1.807, 2.05) is 66.9 Å². The maximum absolute atomic E-state index is 12.4. The molecule has 2 amide bonds. The predicted molar refractivity (Wildman–Crippen MR) is 123 cm³/mol. The molecule has 0 saturated carbocycles. The number of hydrogen-bond donors (Lipinski definition) is 1. The highest BCUT2D eigenvalue weighted by Gasteiger charge is 2.25. The van der Waals surface area contributed by atoms with E-state index in [0.29, 0.717) is 20.9 Å². The van der Waals surface area contributed by atoms with Crippen LogP contribution in [-0.2, 0) is 9.59 Å². The highest BCUT2D eigenvalue weighted by atomic mass is 32.2. The van der Waals surface area contributed by atoms with E-state index in [1.54, 1.807) is 11.0 Å². The lowest BCUT2D eigenvalue weighted by Crippen LogP contribution is -2.22. The van der Waals surface area contributed by atoms with Gasteiger partial charge in [-0.25, -0.2) is 9.98 Å². The quantitative estimate of drug-likeness (QED) is 0.585. The van der Waals surface area contributed by atoms with Gasteiger partial charge >= 0.3 is 0 Å². The molecular formula is C22H18N4O2S2. The Morgan fingerprint density at radius 3 is 2.60 bits per heavy atom. The van der Waals surface area contributed by atoms with E-state index in [9.17, 15) is 9.59 Å². The Morgan fingerprint density at radius 2 is 1.87 bits per heavy atom. The van der Waals surface area contributed by atoms with E-state index in [1.165, 1.54) is 30.0 Å². The number of thioether (sulfide) groups is 1. The highest BCUT2D eigenvalue weighted by molar-refractivity contribution is 8.18. The molecule has 2 heterocycles. The first-order chi connectivity index (χ1) is 14.5. The molecule has 1 aliphatic rings. The fraction of sp³-hybridized carbons (Fsp3) is 0.0909. The van der Waals surface area contributed by atoms with Gasteiger partial charge in [0, 0.05) is 12.3 Å². The van der Waals surface area contributed by atoms with Gasteiger partial charge in [0.15, 0.2) is 10.3 Å². The zero-order chi connectivity index (χ0) is 21.1. The van der Waals surface area contributed by atoms with Crippen molar-refractivity contribution in [3.05, 3.63) is 76.1 Å². The molecule has 8 heteroatoms. The van der Waals surface area contributed by atoms with Gasteiger partial charge in [0.25, 0.3) is 5.91 Å². The number of aryl methyl sites for hydroxylation is 1. The van der Waals surface area contributed by atoms with Crippen LogP contribution < -0.4 is 10.2 Å². The molecule has 3 aromatic rings. The summed E-state index contributed by atoms with van der Waals surface area (Å²) in [7, 11) is 0. The summed E-state index contributed by atoms with van der Waals surface area (Å²) in [6.45, 7) is 3.48. The average Bonchev–Trinajstić information content (AvgIpc) is 3.31. The average molecular weight is 435 g/mol. The topological polar surface area (TPSA) is 74.7 Å². The second-order valence-electron chi connectivity index (χ2n) is 6.51. The number of carbonyl (C=O) groups excluding carboxylic acids is 2. The summed E-state index contributed by atoms with van der Waals surface area (Å²) in [5, 5.41) is 5.70. The number of aliphatic imine (C=N–C) groups is 1.